The summed E-state index contributed by atoms with van der Waals surface area (Å²) in [6.07, 6.45) is 0. The van der Waals surface area contributed by atoms with Crippen molar-refractivity contribution in [3.63, 3.8) is 0 Å². The molecule has 24 heavy (non-hydrogen) atoms. The number of anilines is 1. The van der Waals surface area contributed by atoms with Gasteiger partial charge in [-0.2, -0.15) is 0 Å². The molecule has 0 unspecified atom stereocenters. The zero-order valence-corrected chi connectivity index (χ0v) is 12.9. The zero-order valence-electron chi connectivity index (χ0n) is 12.9. The summed E-state index contributed by atoms with van der Waals surface area (Å²) in [5.74, 6) is -2.06. The number of carbonyl (C=O) groups excluding carboxylic acids is 2. The second-order valence-electron chi connectivity index (χ2n) is 4.90. The Hall–Kier alpha value is -3.23. The lowest BCUT2D eigenvalue weighted by Gasteiger charge is -2.11. The Labute approximate surface area is 135 Å². The Bertz CT molecular complexity index is 899. The quantitative estimate of drug-likeness (QED) is 0.794. The minimum atomic E-state index is -0.803. The number of nitrogens with one attached hydrogen (secondary N) is 1. The van der Waals surface area contributed by atoms with E-state index >= 15 is 0 Å². The standard InChI is InChI=1S/C15H14FN3O5/c1-18-11(7-13(21)19(2)15(18)23)17-12(20)8-24-14(22)9-3-5-10(16)6-4-9/h3-7H,8H2,1-2H3,(H,17,20). The molecule has 1 amide bonds. The van der Waals surface area contributed by atoms with Crippen molar-refractivity contribution in [3.8, 4) is 0 Å². The van der Waals surface area contributed by atoms with E-state index in [4.69, 9.17) is 4.74 Å². The first kappa shape index (κ1) is 17.1. The molecule has 1 aromatic heterocycles. The molecule has 0 saturated carbocycles. The number of amides is 1. The van der Waals surface area contributed by atoms with Crippen LogP contribution in [0.1, 0.15) is 10.4 Å². The molecule has 0 fully saturated rings. The van der Waals surface area contributed by atoms with Crippen LogP contribution < -0.4 is 16.6 Å². The predicted octanol–water partition coefficient (Wildman–Crippen LogP) is 0.0186. The summed E-state index contributed by atoms with van der Waals surface area (Å²) >= 11 is 0. The first-order valence-corrected chi connectivity index (χ1v) is 6.79. The van der Waals surface area contributed by atoms with Gasteiger partial charge in [0.25, 0.3) is 11.5 Å². The van der Waals surface area contributed by atoms with Crippen LogP contribution in [-0.2, 0) is 23.6 Å². The fourth-order valence-electron chi connectivity index (χ4n) is 1.83. The molecule has 0 aliphatic carbocycles. The molecule has 2 rings (SSSR count). The van der Waals surface area contributed by atoms with Gasteiger partial charge in [-0.05, 0) is 24.3 Å². The van der Waals surface area contributed by atoms with Crippen LogP contribution in [0.3, 0.4) is 0 Å². The van der Waals surface area contributed by atoms with E-state index < -0.39 is 35.5 Å². The maximum absolute atomic E-state index is 12.8. The summed E-state index contributed by atoms with van der Waals surface area (Å²) in [4.78, 5) is 46.8. The van der Waals surface area contributed by atoms with Gasteiger partial charge in [0.1, 0.15) is 11.6 Å². The largest absolute Gasteiger partial charge is 0.452 e. The lowest BCUT2D eigenvalue weighted by Crippen LogP contribution is -2.38. The fraction of sp³-hybridized carbons (Fsp3) is 0.200. The molecule has 0 atom stereocenters. The fourth-order valence-corrected chi connectivity index (χ4v) is 1.83. The molecular formula is C15H14FN3O5. The van der Waals surface area contributed by atoms with E-state index in [1.165, 1.54) is 26.2 Å². The lowest BCUT2D eigenvalue weighted by atomic mass is 10.2. The maximum atomic E-state index is 12.8. The molecule has 8 nitrogen and oxygen atoms in total. The van der Waals surface area contributed by atoms with E-state index in [1.807, 2.05) is 0 Å². The Morgan fingerprint density at radius 3 is 2.38 bits per heavy atom. The smallest absolute Gasteiger partial charge is 0.338 e. The van der Waals surface area contributed by atoms with Crippen LogP contribution in [0.15, 0.2) is 39.9 Å². The molecular weight excluding hydrogens is 321 g/mol. The van der Waals surface area contributed by atoms with Crippen LogP contribution in [-0.4, -0.2) is 27.6 Å². The van der Waals surface area contributed by atoms with Crippen molar-refractivity contribution in [2.45, 2.75) is 0 Å². The molecule has 0 aliphatic rings. The van der Waals surface area contributed by atoms with Gasteiger partial charge in [0.05, 0.1) is 5.56 Å². The molecule has 0 saturated heterocycles. The van der Waals surface area contributed by atoms with Crippen molar-refractivity contribution >= 4 is 17.7 Å². The first-order chi connectivity index (χ1) is 11.3. The third-order valence-electron chi connectivity index (χ3n) is 3.21. The van der Waals surface area contributed by atoms with Gasteiger partial charge < -0.3 is 10.1 Å². The Balaban J connectivity index is 2.02. The molecule has 0 aliphatic heterocycles. The second-order valence-corrected chi connectivity index (χ2v) is 4.90. The number of rotatable bonds is 4. The number of ether oxygens (including phenoxy) is 1. The Kier molecular flexibility index (Phi) is 4.93. The number of hydrogen-bond acceptors (Lipinski definition) is 5. The van der Waals surface area contributed by atoms with Crippen LogP contribution >= 0.6 is 0 Å². The summed E-state index contributed by atoms with van der Waals surface area (Å²) in [6.45, 7) is -0.625. The highest BCUT2D eigenvalue weighted by Crippen LogP contribution is 2.05. The van der Waals surface area contributed by atoms with Gasteiger partial charge in [0.15, 0.2) is 6.61 Å². The van der Waals surface area contributed by atoms with Gasteiger partial charge >= 0.3 is 11.7 Å². The molecule has 2 aromatic rings. The molecule has 0 bridgehead atoms. The van der Waals surface area contributed by atoms with E-state index in [9.17, 15) is 23.6 Å². The maximum Gasteiger partial charge on any atom is 0.338 e. The van der Waals surface area contributed by atoms with Crippen molar-refractivity contribution in [2.24, 2.45) is 14.1 Å². The summed E-state index contributed by atoms with van der Waals surface area (Å²) in [5.41, 5.74) is -1.11. The lowest BCUT2D eigenvalue weighted by molar-refractivity contribution is -0.119. The van der Waals surface area contributed by atoms with Gasteiger partial charge in [-0.15, -0.1) is 0 Å². The highest BCUT2D eigenvalue weighted by Gasteiger charge is 2.13. The average molecular weight is 335 g/mol. The van der Waals surface area contributed by atoms with Crippen LogP contribution in [0, 0.1) is 5.82 Å². The van der Waals surface area contributed by atoms with Crippen molar-refractivity contribution in [1.29, 1.82) is 0 Å². The van der Waals surface area contributed by atoms with E-state index in [2.05, 4.69) is 5.32 Å². The normalized spacial score (nSPS) is 10.3. The number of carbonyl (C=O) groups is 2. The van der Waals surface area contributed by atoms with Gasteiger partial charge in [0.2, 0.25) is 0 Å². The summed E-state index contributed by atoms with van der Waals surface area (Å²) in [6, 6.07) is 5.69. The van der Waals surface area contributed by atoms with Crippen LogP contribution in [0.4, 0.5) is 10.2 Å². The van der Waals surface area contributed by atoms with Crippen molar-refractivity contribution in [1.82, 2.24) is 9.13 Å². The monoisotopic (exact) mass is 335 g/mol. The molecule has 0 spiro atoms. The summed E-state index contributed by atoms with van der Waals surface area (Å²) in [7, 11) is 2.68. The SMILES string of the molecule is Cn1c(NC(=O)COC(=O)c2ccc(F)cc2)cc(=O)n(C)c1=O. The van der Waals surface area contributed by atoms with Crippen LogP contribution in [0.25, 0.3) is 0 Å². The molecule has 9 heteroatoms. The molecule has 126 valence electrons. The highest BCUT2D eigenvalue weighted by molar-refractivity contribution is 5.95. The number of hydrogen-bond donors (Lipinski definition) is 1. The van der Waals surface area contributed by atoms with Crippen molar-refractivity contribution in [3.05, 3.63) is 62.6 Å². The minimum absolute atomic E-state index is 0.0223. The summed E-state index contributed by atoms with van der Waals surface area (Å²) < 4.78 is 19.5. The van der Waals surface area contributed by atoms with Gasteiger partial charge in [-0.3, -0.25) is 18.7 Å². The minimum Gasteiger partial charge on any atom is -0.452 e. The van der Waals surface area contributed by atoms with Gasteiger partial charge in [-0.25, -0.2) is 14.0 Å². The first-order valence-electron chi connectivity index (χ1n) is 6.79. The van der Waals surface area contributed by atoms with Gasteiger partial charge in [-0.1, -0.05) is 0 Å². The van der Waals surface area contributed by atoms with Crippen molar-refractivity contribution in [2.75, 3.05) is 11.9 Å². The van der Waals surface area contributed by atoms with E-state index in [0.717, 1.165) is 27.3 Å². The Morgan fingerprint density at radius 2 is 1.75 bits per heavy atom. The molecule has 0 radical (unpaired) electrons. The third-order valence-corrected chi connectivity index (χ3v) is 3.21. The second kappa shape index (κ2) is 6.90. The number of halogens is 1. The summed E-state index contributed by atoms with van der Waals surface area (Å²) in [5, 5.41) is 2.31. The van der Waals surface area contributed by atoms with E-state index in [0.29, 0.717) is 0 Å². The number of aromatic nitrogens is 2. The van der Waals surface area contributed by atoms with Gasteiger partial charge in [0, 0.05) is 20.2 Å². The molecule has 1 N–H and O–H groups in total. The van der Waals surface area contributed by atoms with E-state index in [-0.39, 0.29) is 11.4 Å². The third kappa shape index (κ3) is 3.75. The number of esters is 1. The van der Waals surface area contributed by atoms with Crippen molar-refractivity contribution < 1.29 is 18.7 Å². The number of nitrogens with zero attached hydrogens (tertiary/aromatic N) is 2. The molecule has 1 heterocycles. The average Bonchev–Trinajstić information content (AvgIpc) is 2.56. The zero-order chi connectivity index (χ0) is 17.9. The topological polar surface area (TPSA) is 99.4 Å². The highest BCUT2D eigenvalue weighted by atomic mass is 19.1. The van der Waals surface area contributed by atoms with E-state index in [1.54, 1.807) is 0 Å². The van der Waals surface area contributed by atoms with Crippen LogP contribution in [0.5, 0.6) is 0 Å². The predicted molar refractivity (Wildman–Crippen MR) is 82.2 cm³/mol. The Morgan fingerprint density at radius 1 is 1.12 bits per heavy atom. The number of benzene rings is 1. The molecule has 1 aromatic carbocycles. The van der Waals surface area contributed by atoms with Crippen LogP contribution in [0.2, 0.25) is 0 Å².